The van der Waals surface area contributed by atoms with Crippen molar-refractivity contribution in [3.63, 3.8) is 0 Å². The molecule has 1 aliphatic carbocycles. The summed E-state index contributed by atoms with van der Waals surface area (Å²) in [5, 5.41) is 5.62. The molecule has 3 N–H and O–H groups in total. The van der Waals surface area contributed by atoms with Crippen molar-refractivity contribution >= 4 is 32.2 Å². The topological polar surface area (TPSA) is 116 Å². The molecule has 0 radical (unpaired) electrons. The van der Waals surface area contributed by atoms with Gasteiger partial charge in [0.25, 0.3) is 11.6 Å². The maximum Gasteiger partial charge on any atom is 0.275 e. The summed E-state index contributed by atoms with van der Waals surface area (Å²) >= 11 is 0. The molecule has 3 heterocycles. The molecule has 2 amide bonds. The van der Waals surface area contributed by atoms with Gasteiger partial charge in [0.2, 0.25) is 5.91 Å². The minimum absolute atomic E-state index is 0.00951. The van der Waals surface area contributed by atoms with Crippen LogP contribution in [0.5, 0.6) is 0 Å². The third-order valence-corrected chi connectivity index (χ3v) is 8.46. The van der Waals surface area contributed by atoms with Crippen molar-refractivity contribution in [1.82, 2.24) is 35.5 Å². The molecule has 4 aromatic rings. The monoisotopic (exact) mass is 591 g/mol. The van der Waals surface area contributed by atoms with Gasteiger partial charge in [-0.05, 0) is 48.1 Å². The van der Waals surface area contributed by atoms with Crippen LogP contribution in [0.15, 0.2) is 61.2 Å². The van der Waals surface area contributed by atoms with Crippen molar-refractivity contribution < 1.29 is 18.4 Å². The molecule has 1 aliphatic heterocycles. The van der Waals surface area contributed by atoms with Crippen molar-refractivity contribution in [2.75, 3.05) is 26.2 Å². The molecule has 2 aromatic carbocycles. The predicted molar refractivity (Wildman–Crippen MR) is 158 cm³/mol. The molecule has 218 valence electrons. The zero-order valence-corrected chi connectivity index (χ0v) is 24.1. The Bertz CT molecular complexity index is 1580. The summed E-state index contributed by atoms with van der Waals surface area (Å²) in [6.45, 7) is 1.61. The highest BCUT2D eigenvalue weighted by Crippen LogP contribution is 2.51. The van der Waals surface area contributed by atoms with E-state index in [1.54, 1.807) is 0 Å². The number of nitrogens with one attached hydrogen (secondary N) is 3. The molecule has 0 bridgehead atoms. The lowest BCUT2D eigenvalue weighted by atomic mass is 9.73. The highest BCUT2D eigenvalue weighted by atomic mass is 31.0. The zero-order valence-electron chi connectivity index (χ0n) is 22.9. The van der Waals surface area contributed by atoms with E-state index in [0.29, 0.717) is 24.1 Å². The van der Waals surface area contributed by atoms with Crippen molar-refractivity contribution in [3.05, 3.63) is 78.0 Å². The van der Waals surface area contributed by atoms with Crippen LogP contribution in [-0.4, -0.2) is 74.5 Å². The van der Waals surface area contributed by atoms with Gasteiger partial charge in [0, 0.05) is 19.1 Å². The highest BCUT2D eigenvalue weighted by Gasteiger charge is 2.48. The number of carbonyl (C=O) groups is 2. The van der Waals surface area contributed by atoms with E-state index in [0.717, 1.165) is 54.6 Å². The van der Waals surface area contributed by atoms with Crippen LogP contribution in [0, 0.1) is 0 Å². The van der Waals surface area contributed by atoms with E-state index in [2.05, 4.69) is 35.5 Å². The largest absolute Gasteiger partial charge is 0.349 e. The molecular weight excluding hydrogens is 559 g/mol. The van der Waals surface area contributed by atoms with Crippen LogP contribution in [0.3, 0.4) is 0 Å². The van der Waals surface area contributed by atoms with Gasteiger partial charge in [0.1, 0.15) is 17.3 Å². The number of rotatable bonds is 10. The standard InChI is InChI=1S/C30H32F2N7O2P/c31-30(32,42)16-33-28(41)29(22-9-3-1-7-20(22)21-8-2-4-10-23(21)29)12-5-6-13-39-14-11-19(15-39)38-27(40)25-24-26(36-17-34-24)37-18-35-25/h1-4,7-10,17-19H,5-6,11-16,42H2,(H,33,41)(H,38,40)(H,34,35,36,37). The highest BCUT2D eigenvalue weighted by molar-refractivity contribution is 7.18. The van der Waals surface area contributed by atoms with Gasteiger partial charge in [-0.3, -0.25) is 9.59 Å². The SMILES string of the molecule is O=C(NC1CCN(CCCCC2(C(=O)NCC(F)(F)P)c3ccccc3-c3ccccc32)C1)c1ncnc2nc[nH]c12. The summed E-state index contributed by atoms with van der Waals surface area (Å²) in [6, 6.07) is 15.5. The van der Waals surface area contributed by atoms with Crippen molar-refractivity contribution in [1.29, 1.82) is 0 Å². The van der Waals surface area contributed by atoms with Gasteiger partial charge in [-0.2, -0.15) is 0 Å². The minimum atomic E-state index is -3.09. The number of halogens is 2. The van der Waals surface area contributed by atoms with E-state index >= 15 is 0 Å². The first-order valence-electron chi connectivity index (χ1n) is 14.1. The van der Waals surface area contributed by atoms with Crippen LogP contribution in [0.25, 0.3) is 22.3 Å². The number of hydrogen-bond acceptors (Lipinski definition) is 6. The third kappa shape index (κ3) is 5.39. The maximum absolute atomic E-state index is 13.8. The van der Waals surface area contributed by atoms with Crippen molar-refractivity contribution in [3.8, 4) is 11.1 Å². The molecule has 0 saturated carbocycles. The van der Waals surface area contributed by atoms with Crippen LogP contribution in [0.2, 0.25) is 0 Å². The molecule has 42 heavy (non-hydrogen) atoms. The molecule has 9 nitrogen and oxygen atoms in total. The number of nitrogens with zero attached hydrogens (tertiary/aromatic N) is 4. The minimum Gasteiger partial charge on any atom is -0.349 e. The van der Waals surface area contributed by atoms with Gasteiger partial charge in [0.05, 0.1) is 12.9 Å². The number of amides is 2. The number of alkyl halides is 2. The molecule has 2 aliphatic rings. The lowest BCUT2D eigenvalue weighted by molar-refractivity contribution is -0.126. The first-order chi connectivity index (χ1) is 20.3. The Kier molecular flexibility index (Phi) is 7.72. The van der Waals surface area contributed by atoms with Gasteiger partial charge < -0.3 is 20.5 Å². The molecule has 1 fully saturated rings. The molecule has 2 atom stereocenters. The second-order valence-corrected chi connectivity index (χ2v) is 11.8. The average Bonchev–Trinajstić information content (AvgIpc) is 3.71. The molecule has 1 saturated heterocycles. The van der Waals surface area contributed by atoms with Gasteiger partial charge in [0.15, 0.2) is 11.3 Å². The Hall–Kier alpha value is -3.82. The number of hydrogen-bond donors (Lipinski definition) is 3. The molecular formula is C30H32F2N7O2P. The van der Waals surface area contributed by atoms with Gasteiger partial charge in [-0.25, -0.2) is 23.7 Å². The number of benzene rings is 2. The first kappa shape index (κ1) is 28.3. The molecule has 2 unspecified atom stereocenters. The summed E-state index contributed by atoms with van der Waals surface area (Å²) in [7, 11) is 1.50. The Morgan fingerprint density at radius 2 is 1.76 bits per heavy atom. The molecule has 12 heteroatoms. The number of likely N-dealkylation sites (tertiary alicyclic amines) is 1. The van der Waals surface area contributed by atoms with Crippen LogP contribution in [-0.2, 0) is 10.2 Å². The summed E-state index contributed by atoms with van der Waals surface area (Å²) in [5.41, 5.74) is 0.755. The van der Waals surface area contributed by atoms with E-state index in [9.17, 15) is 18.4 Å². The maximum atomic E-state index is 13.8. The zero-order chi connectivity index (χ0) is 29.3. The lowest BCUT2D eigenvalue weighted by Crippen LogP contribution is -2.47. The van der Waals surface area contributed by atoms with Gasteiger partial charge in [-0.1, -0.05) is 64.2 Å². The van der Waals surface area contributed by atoms with Crippen LogP contribution >= 0.6 is 9.24 Å². The van der Waals surface area contributed by atoms with Crippen LogP contribution in [0.4, 0.5) is 8.78 Å². The van der Waals surface area contributed by atoms with Crippen LogP contribution in [0.1, 0.15) is 47.3 Å². The summed E-state index contributed by atoms with van der Waals surface area (Å²) in [5.74, 6) is -0.664. The molecule has 6 rings (SSSR count). The lowest BCUT2D eigenvalue weighted by Gasteiger charge is -2.31. The molecule has 2 aromatic heterocycles. The van der Waals surface area contributed by atoms with Crippen LogP contribution < -0.4 is 10.6 Å². The van der Waals surface area contributed by atoms with Crippen molar-refractivity contribution in [2.24, 2.45) is 0 Å². The number of H-pyrrole nitrogens is 1. The fourth-order valence-corrected chi connectivity index (χ4v) is 6.47. The third-order valence-electron chi connectivity index (χ3n) is 8.26. The van der Waals surface area contributed by atoms with Crippen molar-refractivity contribution in [2.45, 2.75) is 42.8 Å². The van der Waals surface area contributed by atoms with E-state index in [-0.39, 0.29) is 17.6 Å². The van der Waals surface area contributed by atoms with Gasteiger partial charge >= 0.3 is 0 Å². The van der Waals surface area contributed by atoms with E-state index < -0.39 is 23.5 Å². The number of fused-ring (bicyclic) bond motifs is 4. The quantitative estimate of drug-likeness (QED) is 0.191. The Morgan fingerprint density at radius 1 is 1.05 bits per heavy atom. The first-order valence-corrected chi connectivity index (χ1v) is 14.7. The average molecular weight is 592 g/mol. The fraction of sp³-hybridized carbons (Fsp3) is 0.367. The van der Waals surface area contributed by atoms with Gasteiger partial charge in [-0.15, -0.1) is 0 Å². The summed E-state index contributed by atoms with van der Waals surface area (Å²) < 4.78 is 27.5. The smallest absolute Gasteiger partial charge is 0.275 e. The Balaban J connectivity index is 1.11. The normalized spacial score (nSPS) is 17.6. The Labute approximate surface area is 244 Å². The molecule has 0 spiro atoms. The predicted octanol–water partition coefficient (Wildman–Crippen LogP) is 3.88. The van der Waals surface area contributed by atoms with E-state index in [4.69, 9.17) is 0 Å². The van der Waals surface area contributed by atoms with E-state index in [1.807, 2.05) is 48.5 Å². The number of unbranched alkanes of at least 4 members (excludes halogenated alkanes) is 1. The summed E-state index contributed by atoms with van der Waals surface area (Å²) in [6.07, 6.45) is 5.68. The number of aromatic amines is 1. The number of imidazole rings is 1. The second-order valence-electron chi connectivity index (χ2n) is 11.0. The summed E-state index contributed by atoms with van der Waals surface area (Å²) in [4.78, 5) is 44.2. The Morgan fingerprint density at radius 3 is 2.48 bits per heavy atom. The second kappa shape index (κ2) is 11.5. The fourth-order valence-electron chi connectivity index (χ4n) is 6.37. The number of aromatic nitrogens is 4. The number of carbonyl (C=O) groups excluding carboxylic acids is 2. The van der Waals surface area contributed by atoms with E-state index in [1.165, 1.54) is 21.9 Å².